The molecule has 3 aromatic rings. The van der Waals surface area contributed by atoms with E-state index in [2.05, 4.69) is 15.4 Å². The number of fused-ring (bicyclic) bond motifs is 1. The number of hydrogen-bond acceptors (Lipinski definition) is 4. The van der Waals surface area contributed by atoms with Gasteiger partial charge in [0.15, 0.2) is 0 Å². The number of halogens is 5. The van der Waals surface area contributed by atoms with Crippen molar-refractivity contribution >= 4 is 29.3 Å². The highest BCUT2D eigenvalue weighted by molar-refractivity contribution is 6.04. The number of alkyl halides is 5. The molecule has 2 aromatic heterocycles. The van der Waals surface area contributed by atoms with Crippen molar-refractivity contribution in [1.82, 2.24) is 14.8 Å². The van der Waals surface area contributed by atoms with Gasteiger partial charge >= 0.3 is 6.18 Å². The molecule has 11 heteroatoms. The number of amides is 1. The van der Waals surface area contributed by atoms with Crippen LogP contribution in [0.5, 0.6) is 0 Å². The summed E-state index contributed by atoms with van der Waals surface area (Å²) >= 11 is 0. The highest BCUT2D eigenvalue weighted by atomic mass is 19.4. The molecule has 1 fully saturated rings. The first-order chi connectivity index (χ1) is 15.7. The smallest absolute Gasteiger partial charge is 0.320 e. The third-order valence-electron chi connectivity index (χ3n) is 5.40. The van der Waals surface area contributed by atoms with E-state index in [9.17, 15) is 26.7 Å². The van der Waals surface area contributed by atoms with Crippen molar-refractivity contribution in [1.29, 1.82) is 0 Å². The molecule has 4 rings (SSSR count). The minimum absolute atomic E-state index is 0.185. The summed E-state index contributed by atoms with van der Waals surface area (Å²) < 4.78 is 67.6. The second-order valence-corrected chi connectivity index (χ2v) is 7.56. The molecule has 2 heterocycles. The fourth-order valence-electron chi connectivity index (χ4n) is 3.83. The van der Waals surface area contributed by atoms with Crippen molar-refractivity contribution in [2.24, 2.45) is 0 Å². The summed E-state index contributed by atoms with van der Waals surface area (Å²) in [6.07, 6.45) is -0.652. The number of aromatic nitrogens is 3. The van der Waals surface area contributed by atoms with E-state index in [1.807, 2.05) is 6.79 Å². The van der Waals surface area contributed by atoms with Gasteiger partial charge in [0.05, 0.1) is 17.2 Å². The summed E-state index contributed by atoms with van der Waals surface area (Å²) in [5.74, 6) is -1.01. The summed E-state index contributed by atoms with van der Waals surface area (Å²) in [7, 11) is 0. The Kier molecular flexibility index (Phi) is 7.39. The van der Waals surface area contributed by atoms with Gasteiger partial charge in [-0.1, -0.05) is 25.3 Å². The molecule has 176 valence electrons. The zero-order chi connectivity index (χ0) is 24.2. The van der Waals surface area contributed by atoms with Crippen LogP contribution in [0.25, 0.3) is 10.9 Å². The lowest BCUT2D eigenvalue weighted by Crippen LogP contribution is -2.17. The highest BCUT2D eigenvalue weighted by Gasteiger charge is 2.33. The van der Waals surface area contributed by atoms with Crippen molar-refractivity contribution in [3.8, 4) is 0 Å². The summed E-state index contributed by atoms with van der Waals surface area (Å²) in [6, 6.07) is 5.63. The Morgan fingerprint density at radius 1 is 1.12 bits per heavy atom. The molecule has 0 atom stereocenters. The van der Waals surface area contributed by atoms with Crippen molar-refractivity contribution in [3.63, 3.8) is 0 Å². The normalized spacial score (nSPS) is 14.7. The maximum atomic E-state index is 13.6. The summed E-state index contributed by atoms with van der Waals surface area (Å²) in [6.45, 7) is 2.00. The average Bonchev–Trinajstić information content (AvgIpc) is 3.23. The van der Waals surface area contributed by atoms with E-state index in [1.54, 1.807) is 10.9 Å². The Hall–Kier alpha value is -3.37. The monoisotopic (exact) mass is 468 g/mol. The fraction of sp³-hybridized carbons (Fsp3) is 0.364. The first-order valence-corrected chi connectivity index (χ1v) is 10.2. The number of pyridine rings is 1. The summed E-state index contributed by atoms with van der Waals surface area (Å²) in [4.78, 5) is 23.8. The summed E-state index contributed by atoms with van der Waals surface area (Å²) in [5, 5.41) is 7.27. The fourth-order valence-corrected chi connectivity index (χ4v) is 3.83. The minimum Gasteiger partial charge on any atom is -0.320 e. The number of nitrogens with zero attached hydrogens (tertiary/aromatic N) is 3. The van der Waals surface area contributed by atoms with Gasteiger partial charge in [-0.15, -0.1) is 0 Å². The predicted octanol–water partition coefficient (Wildman–Crippen LogP) is 5.96. The van der Waals surface area contributed by atoms with E-state index < -0.39 is 35.5 Å². The average molecular weight is 468 g/mol. The van der Waals surface area contributed by atoms with Crippen molar-refractivity contribution in [3.05, 3.63) is 53.5 Å². The minimum atomic E-state index is -4.73. The van der Waals surface area contributed by atoms with Gasteiger partial charge in [0, 0.05) is 17.1 Å². The first kappa shape index (κ1) is 24.3. The van der Waals surface area contributed by atoms with E-state index in [-0.39, 0.29) is 11.7 Å². The maximum absolute atomic E-state index is 13.6. The zero-order valence-corrected chi connectivity index (χ0v) is 17.4. The maximum Gasteiger partial charge on any atom is 0.433 e. The molecule has 0 unspecified atom stereocenters. The van der Waals surface area contributed by atoms with Crippen molar-refractivity contribution in [2.75, 3.05) is 5.32 Å². The molecule has 1 aliphatic rings. The van der Waals surface area contributed by atoms with Crippen LogP contribution in [0.3, 0.4) is 0 Å². The SMILES string of the molecule is C=O.O=C(Nc1cc2cn(C3CCCCC3)nc2cc1C(F)F)c1cccc(C(F)(F)F)n1. The standard InChI is InChI=1S/C21H19F5N4O.CH2O/c22-19(23)14-10-16-12(11-30(29-16)13-5-2-1-3-6-13)9-17(14)28-20(31)15-7-4-8-18(27-15)21(24,25)26;1-2/h4,7-11,13,19H,1-3,5-6H2,(H,28,31);1H2. The number of hydrogen-bond donors (Lipinski definition) is 1. The van der Waals surface area contributed by atoms with Gasteiger partial charge in [-0.2, -0.15) is 18.3 Å². The van der Waals surface area contributed by atoms with Gasteiger partial charge in [0.2, 0.25) is 0 Å². The van der Waals surface area contributed by atoms with E-state index in [0.29, 0.717) is 10.9 Å². The molecule has 0 spiro atoms. The number of anilines is 1. The lowest BCUT2D eigenvalue weighted by atomic mass is 9.96. The zero-order valence-electron chi connectivity index (χ0n) is 17.4. The number of nitrogens with one attached hydrogen (secondary N) is 1. The van der Waals surface area contributed by atoms with Crippen LogP contribution in [-0.4, -0.2) is 27.5 Å². The van der Waals surface area contributed by atoms with Crippen LogP contribution in [0.2, 0.25) is 0 Å². The van der Waals surface area contributed by atoms with Gasteiger partial charge in [-0.25, -0.2) is 13.8 Å². The molecule has 1 aromatic carbocycles. The molecule has 6 nitrogen and oxygen atoms in total. The Labute approximate surface area is 185 Å². The van der Waals surface area contributed by atoms with Crippen molar-refractivity contribution < 1.29 is 31.5 Å². The quantitative estimate of drug-likeness (QED) is 0.480. The third-order valence-corrected chi connectivity index (χ3v) is 5.40. The Morgan fingerprint density at radius 3 is 2.45 bits per heavy atom. The Bertz CT molecular complexity index is 1120. The molecule has 1 aliphatic carbocycles. The second-order valence-electron chi connectivity index (χ2n) is 7.56. The van der Waals surface area contributed by atoms with E-state index in [1.165, 1.54) is 12.1 Å². The molecule has 0 radical (unpaired) electrons. The number of rotatable bonds is 4. The number of benzene rings is 1. The third kappa shape index (κ3) is 5.52. The largest absolute Gasteiger partial charge is 0.433 e. The van der Waals surface area contributed by atoms with Gasteiger partial charge < -0.3 is 10.1 Å². The van der Waals surface area contributed by atoms with Crippen LogP contribution >= 0.6 is 0 Å². The Morgan fingerprint density at radius 2 is 1.82 bits per heavy atom. The number of carbonyl (C=O) groups excluding carboxylic acids is 2. The van der Waals surface area contributed by atoms with Crippen LogP contribution in [-0.2, 0) is 11.0 Å². The van der Waals surface area contributed by atoms with E-state index >= 15 is 0 Å². The molecule has 1 amide bonds. The topological polar surface area (TPSA) is 76.9 Å². The summed E-state index contributed by atoms with van der Waals surface area (Å²) in [5.41, 5.74) is -2.03. The van der Waals surface area contributed by atoms with Crippen LogP contribution in [0.15, 0.2) is 36.5 Å². The molecule has 0 bridgehead atoms. The molecule has 0 saturated heterocycles. The Balaban J connectivity index is 0.00000149. The molecule has 0 aliphatic heterocycles. The van der Waals surface area contributed by atoms with Crippen LogP contribution in [0, 0.1) is 0 Å². The van der Waals surface area contributed by atoms with Gasteiger partial charge in [0.25, 0.3) is 12.3 Å². The molecule has 1 N–H and O–H groups in total. The lowest BCUT2D eigenvalue weighted by Gasteiger charge is -2.21. The van der Waals surface area contributed by atoms with Gasteiger partial charge in [-0.3, -0.25) is 9.48 Å². The van der Waals surface area contributed by atoms with Crippen LogP contribution in [0.4, 0.5) is 27.6 Å². The predicted molar refractivity (Wildman–Crippen MR) is 111 cm³/mol. The van der Waals surface area contributed by atoms with Gasteiger partial charge in [0.1, 0.15) is 18.2 Å². The molecular weight excluding hydrogens is 447 g/mol. The first-order valence-electron chi connectivity index (χ1n) is 10.2. The lowest BCUT2D eigenvalue weighted by molar-refractivity contribution is -0.141. The van der Waals surface area contributed by atoms with E-state index in [0.717, 1.165) is 50.3 Å². The molecular formula is C22H21F5N4O2. The number of carbonyl (C=O) groups is 2. The van der Waals surface area contributed by atoms with Crippen LogP contribution < -0.4 is 5.32 Å². The molecule has 33 heavy (non-hydrogen) atoms. The van der Waals surface area contributed by atoms with Gasteiger partial charge in [-0.05, 0) is 37.1 Å². The van der Waals surface area contributed by atoms with Crippen LogP contribution in [0.1, 0.15) is 66.3 Å². The van der Waals surface area contributed by atoms with E-state index in [4.69, 9.17) is 4.79 Å². The molecule has 1 saturated carbocycles. The second kappa shape index (κ2) is 10.1. The highest BCUT2D eigenvalue weighted by Crippen LogP contribution is 2.34. The van der Waals surface area contributed by atoms with Crippen molar-refractivity contribution in [2.45, 2.75) is 50.7 Å².